The lowest BCUT2D eigenvalue weighted by atomic mass is 10.1. The van der Waals surface area contributed by atoms with E-state index in [0.29, 0.717) is 0 Å². The van der Waals surface area contributed by atoms with E-state index in [1.165, 1.54) is 0 Å². The summed E-state index contributed by atoms with van der Waals surface area (Å²) in [4.78, 5) is 2.21. The quantitative estimate of drug-likeness (QED) is 0.575. The molecule has 0 spiro atoms. The molecule has 0 bridgehead atoms. The largest absolute Gasteiger partial charge is 0.496 e. The Hall–Kier alpha value is -2.55. The van der Waals surface area contributed by atoms with Crippen LogP contribution in [0.1, 0.15) is 24.0 Å². The van der Waals surface area contributed by atoms with Gasteiger partial charge in [-0.2, -0.15) is 0 Å². The van der Waals surface area contributed by atoms with Crippen LogP contribution in [0.5, 0.6) is 5.75 Å². The van der Waals surface area contributed by atoms with Crippen LogP contribution in [-0.2, 0) is 4.57 Å². The predicted octanol–water partition coefficient (Wildman–Crippen LogP) is 4.61. The second-order valence-corrected chi connectivity index (χ2v) is 11.2. The molecule has 2 atom stereocenters. The van der Waals surface area contributed by atoms with Gasteiger partial charge in [-0.05, 0) is 49.9 Å². The first kappa shape index (κ1) is 21.7. The molecule has 1 saturated heterocycles. The van der Waals surface area contributed by atoms with Crippen LogP contribution in [0.2, 0.25) is 0 Å². The molecular formula is C26H30NO3P. The molecule has 5 heteroatoms. The van der Waals surface area contributed by atoms with Crippen molar-refractivity contribution in [2.24, 2.45) is 0 Å². The van der Waals surface area contributed by atoms with E-state index in [1.54, 1.807) is 7.11 Å². The van der Waals surface area contributed by atoms with Gasteiger partial charge in [-0.1, -0.05) is 60.7 Å². The van der Waals surface area contributed by atoms with Gasteiger partial charge < -0.3 is 19.3 Å². The molecule has 4 rings (SSSR count). The van der Waals surface area contributed by atoms with Crippen LogP contribution in [0.4, 0.5) is 5.69 Å². The summed E-state index contributed by atoms with van der Waals surface area (Å²) < 4.78 is 20.6. The first-order valence-electron chi connectivity index (χ1n) is 10.8. The minimum Gasteiger partial charge on any atom is -0.496 e. The number of hydrogen-bond donors (Lipinski definition) is 1. The fourth-order valence-corrected chi connectivity index (χ4v) is 8.37. The summed E-state index contributed by atoms with van der Waals surface area (Å²) in [6.45, 7) is 4.09. The van der Waals surface area contributed by atoms with E-state index in [4.69, 9.17) is 4.74 Å². The third kappa shape index (κ3) is 3.79. The molecule has 1 aliphatic heterocycles. The fraction of sp³-hybridized carbons (Fsp3) is 0.308. The van der Waals surface area contributed by atoms with E-state index in [9.17, 15) is 5.11 Å². The van der Waals surface area contributed by atoms with Gasteiger partial charge in [0.05, 0.1) is 25.5 Å². The van der Waals surface area contributed by atoms with Gasteiger partial charge >= 0.3 is 0 Å². The maximum absolute atomic E-state index is 15.0. The standard InChI is InChI=1S/C26H30NO3P/c1-19-16-22(17-20(2)26(19)30-3)27-21(18-28)14-15-25(27)31(29,23-10-6-4-7-11-23)24-12-8-5-9-13-24/h4-13,16-17,21,25,28H,14-15,18H2,1-3H3/t21-,25-/m1/s1. The van der Waals surface area contributed by atoms with Gasteiger partial charge in [-0.15, -0.1) is 0 Å². The number of benzene rings is 3. The van der Waals surface area contributed by atoms with Crippen molar-refractivity contribution in [2.75, 3.05) is 18.6 Å². The molecular weight excluding hydrogens is 405 g/mol. The first-order chi connectivity index (χ1) is 15.0. The van der Waals surface area contributed by atoms with Gasteiger partial charge in [0.2, 0.25) is 0 Å². The summed E-state index contributed by atoms with van der Waals surface area (Å²) in [6, 6.07) is 23.7. The van der Waals surface area contributed by atoms with Crippen molar-refractivity contribution in [2.45, 2.75) is 38.5 Å². The molecule has 1 aliphatic rings. The lowest BCUT2D eigenvalue weighted by molar-refractivity contribution is 0.266. The molecule has 0 radical (unpaired) electrons. The molecule has 0 amide bonds. The third-order valence-corrected chi connectivity index (χ3v) is 9.81. The highest BCUT2D eigenvalue weighted by atomic mass is 31.2. The van der Waals surface area contributed by atoms with Crippen molar-refractivity contribution in [3.63, 3.8) is 0 Å². The maximum Gasteiger partial charge on any atom is 0.164 e. The van der Waals surface area contributed by atoms with Crippen LogP contribution in [0.25, 0.3) is 0 Å². The Bertz CT molecular complexity index is 1020. The Morgan fingerprint density at radius 3 is 1.90 bits per heavy atom. The van der Waals surface area contributed by atoms with Gasteiger partial charge in [0.25, 0.3) is 0 Å². The number of hydrogen-bond acceptors (Lipinski definition) is 4. The normalized spacial score (nSPS) is 18.9. The number of ether oxygens (including phenoxy) is 1. The number of anilines is 1. The average molecular weight is 436 g/mol. The smallest absolute Gasteiger partial charge is 0.164 e. The minimum absolute atomic E-state index is 0.0319. The minimum atomic E-state index is -3.01. The lowest BCUT2D eigenvalue weighted by Gasteiger charge is -2.37. The number of nitrogens with zero attached hydrogens (tertiary/aromatic N) is 1. The van der Waals surface area contributed by atoms with Crippen LogP contribution in [0.3, 0.4) is 0 Å². The van der Waals surface area contributed by atoms with Gasteiger partial charge in [-0.25, -0.2) is 0 Å². The second kappa shape index (κ2) is 8.90. The predicted molar refractivity (Wildman–Crippen MR) is 129 cm³/mol. The number of aryl methyl sites for hydroxylation is 2. The maximum atomic E-state index is 15.0. The molecule has 0 aromatic heterocycles. The van der Waals surface area contributed by atoms with Crippen LogP contribution in [-0.4, -0.2) is 30.6 Å². The summed E-state index contributed by atoms with van der Waals surface area (Å²) >= 11 is 0. The highest BCUT2D eigenvalue weighted by Gasteiger charge is 2.46. The molecule has 0 saturated carbocycles. The van der Waals surface area contributed by atoms with Crippen molar-refractivity contribution < 1.29 is 14.4 Å². The summed E-state index contributed by atoms with van der Waals surface area (Å²) in [5.74, 6) is 0.649. The Balaban J connectivity index is 1.90. The van der Waals surface area contributed by atoms with E-state index in [-0.39, 0.29) is 18.4 Å². The molecule has 1 heterocycles. The molecule has 0 aliphatic carbocycles. The molecule has 0 unspecified atom stereocenters. The van der Waals surface area contributed by atoms with Gasteiger partial charge in [-0.3, -0.25) is 0 Å². The Kier molecular flexibility index (Phi) is 6.22. The monoisotopic (exact) mass is 435 g/mol. The van der Waals surface area contributed by atoms with E-state index in [0.717, 1.165) is 46.0 Å². The van der Waals surface area contributed by atoms with Crippen LogP contribution >= 0.6 is 7.14 Å². The second-order valence-electron chi connectivity index (χ2n) is 8.24. The van der Waals surface area contributed by atoms with Crippen LogP contribution < -0.4 is 20.2 Å². The van der Waals surface area contributed by atoms with Crippen molar-refractivity contribution >= 4 is 23.4 Å². The molecule has 1 fully saturated rings. The average Bonchev–Trinajstić information content (AvgIpc) is 3.24. The summed E-state index contributed by atoms with van der Waals surface area (Å²) in [7, 11) is -1.33. The highest BCUT2D eigenvalue weighted by molar-refractivity contribution is 7.79. The fourth-order valence-electron chi connectivity index (χ4n) is 4.97. The molecule has 3 aromatic carbocycles. The number of rotatable bonds is 6. The van der Waals surface area contributed by atoms with Crippen molar-refractivity contribution in [1.82, 2.24) is 0 Å². The van der Waals surface area contributed by atoms with Gasteiger partial charge in [0.1, 0.15) is 5.75 Å². The van der Waals surface area contributed by atoms with E-state index >= 15 is 4.57 Å². The first-order valence-corrected chi connectivity index (χ1v) is 12.5. The third-order valence-electron chi connectivity index (χ3n) is 6.33. The lowest BCUT2D eigenvalue weighted by Crippen LogP contribution is -2.42. The Morgan fingerprint density at radius 2 is 1.45 bits per heavy atom. The van der Waals surface area contributed by atoms with Crippen molar-refractivity contribution in [3.05, 3.63) is 83.9 Å². The number of aliphatic hydroxyl groups is 1. The Labute approximate surface area is 184 Å². The zero-order valence-electron chi connectivity index (χ0n) is 18.4. The molecule has 31 heavy (non-hydrogen) atoms. The summed E-state index contributed by atoms with van der Waals surface area (Å²) in [6.07, 6.45) is 1.56. The Morgan fingerprint density at radius 1 is 0.935 bits per heavy atom. The van der Waals surface area contributed by atoms with Crippen LogP contribution in [0.15, 0.2) is 72.8 Å². The number of aliphatic hydroxyl groups excluding tert-OH is 1. The topological polar surface area (TPSA) is 49.8 Å². The SMILES string of the molecule is COc1c(C)cc(N2[C@@H](CO)CC[C@H]2P(=O)(c2ccccc2)c2ccccc2)cc1C. The molecule has 3 aromatic rings. The molecule has 1 N–H and O–H groups in total. The zero-order valence-corrected chi connectivity index (χ0v) is 19.3. The van der Waals surface area contributed by atoms with Crippen LogP contribution in [0, 0.1) is 13.8 Å². The van der Waals surface area contributed by atoms with Crippen molar-refractivity contribution in [3.8, 4) is 5.75 Å². The zero-order chi connectivity index (χ0) is 22.0. The number of methoxy groups -OCH3 is 1. The van der Waals surface area contributed by atoms with Gasteiger partial charge in [0, 0.05) is 16.3 Å². The summed E-state index contributed by atoms with van der Waals surface area (Å²) in [5.41, 5.74) is 3.06. The molecule has 4 nitrogen and oxygen atoms in total. The van der Waals surface area contributed by atoms with E-state index < -0.39 is 7.14 Å². The molecule has 162 valence electrons. The van der Waals surface area contributed by atoms with Crippen molar-refractivity contribution in [1.29, 1.82) is 0 Å². The van der Waals surface area contributed by atoms with E-state index in [1.807, 2.05) is 74.5 Å². The van der Waals surface area contributed by atoms with E-state index in [2.05, 4.69) is 17.0 Å². The highest BCUT2D eigenvalue weighted by Crippen LogP contribution is 2.56. The summed E-state index contributed by atoms with van der Waals surface area (Å²) in [5, 5.41) is 11.9. The van der Waals surface area contributed by atoms with Gasteiger partial charge in [0.15, 0.2) is 7.14 Å².